The normalized spacial score (nSPS) is 7.33. The highest BCUT2D eigenvalue weighted by Gasteiger charge is 1.72. The van der Waals surface area contributed by atoms with Gasteiger partial charge in [-0.3, -0.25) is 0 Å². The Morgan fingerprint density at radius 1 is 1.83 bits per heavy atom. The summed E-state index contributed by atoms with van der Waals surface area (Å²) in [5, 5.41) is 0. The molecule has 0 nitrogen and oxygen atoms in total. The lowest BCUT2D eigenvalue weighted by Gasteiger charge is -1.79. The fraction of sp³-hybridized carbons (Fsp3) is 0.500. The van der Waals surface area contributed by atoms with Gasteiger partial charge >= 0.3 is 0 Å². The van der Waals surface area contributed by atoms with E-state index in [2.05, 4.69) is 12.3 Å². The second-order valence-electron chi connectivity index (χ2n) is 1.15. The molecular formula is C6H9. The van der Waals surface area contributed by atoms with Gasteiger partial charge in [0.25, 0.3) is 0 Å². The summed E-state index contributed by atoms with van der Waals surface area (Å²) in [4.78, 5) is 0. The van der Waals surface area contributed by atoms with Crippen LogP contribution in [0.5, 0.6) is 0 Å². The molecule has 0 fully saturated rings. The van der Waals surface area contributed by atoms with Crippen LogP contribution in [0, 0.1) is 18.8 Å². The molecule has 0 aromatic carbocycles. The van der Waals surface area contributed by atoms with Gasteiger partial charge in [0.15, 0.2) is 0 Å². The van der Waals surface area contributed by atoms with Gasteiger partial charge in [-0.05, 0) is 12.8 Å². The molecule has 0 aliphatic rings. The quantitative estimate of drug-likeness (QED) is 0.350. The Bertz CT molecular complexity index is 47.5. The summed E-state index contributed by atoms with van der Waals surface area (Å²) in [7, 11) is 0. The predicted octanol–water partition coefficient (Wildman–Crippen LogP) is 1.62. The van der Waals surface area contributed by atoms with Crippen LogP contribution in [-0.2, 0) is 0 Å². The molecule has 0 spiro atoms. The fourth-order valence-electron chi connectivity index (χ4n) is 0.228. The van der Waals surface area contributed by atoms with Crippen LogP contribution in [0.3, 0.4) is 0 Å². The number of hydrogen-bond acceptors (Lipinski definition) is 0. The summed E-state index contributed by atoms with van der Waals surface area (Å²) >= 11 is 0. The Hall–Kier alpha value is -0.440. The fourth-order valence-corrected chi connectivity index (χ4v) is 0.228. The van der Waals surface area contributed by atoms with Gasteiger partial charge in [0, 0.05) is 6.42 Å². The summed E-state index contributed by atoms with van der Waals surface area (Å²) in [5.74, 6) is 2.54. The molecule has 0 unspecified atom stereocenters. The molecule has 0 rings (SSSR count). The van der Waals surface area contributed by atoms with Crippen molar-refractivity contribution in [3.63, 3.8) is 0 Å². The Kier molecular flexibility index (Phi) is 4.23. The van der Waals surface area contributed by atoms with Crippen LogP contribution >= 0.6 is 0 Å². The smallest absolute Gasteiger partial charge is 0.00886 e. The maximum Gasteiger partial charge on any atom is 0.00886 e. The third-order valence-corrected chi connectivity index (χ3v) is 0.577. The van der Waals surface area contributed by atoms with E-state index >= 15 is 0 Å². The van der Waals surface area contributed by atoms with E-state index in [0.717, 1.165) is 12.8 Å². The largest absolute Gasteiger partial charge is 0.120 e. The number of terminal acetylenes is 1. The molecule has 0 saturated carbocycles. The van der Waals surface area contributed by atoms with Crippen molar-refractivity contribution in [2.75, 3.05) is 0 Å². The maximum atomic E-state index is 4.94. The zero-order valence-electron chi connectivity index (χ0n) is 4.07. The Balaban J connectivity index is 2.54. The van der Waals surface area contributed by atoms with Crippen molar-refractivity contribution in [2.45, 2.75) is 19.8 Å². The SMILES string of the molecule is C#CCC[CH]C. The van der Waals surface area contributed by atoms with E-state index in [9.17, 15) is 0 Å². The van der Waals surface area contributed by atoms with Gasteiger partial charge in [-0.2, -0.15) is 0 Å². The van der Waals surface area contributed by atoms with E-state index < -0.39 is 0 Å². The van der Waals surface area contributed by atoms with Crippen LogP contribution in [0.2, 0.25) is 0 Å². The van der Waals surface area contributed by atoms with Crippen molar-refractivity contribution >= 4 is 0 Å². The first-order valence-corrected chi connectivity index (χ1v) is 2.13. The second-order valence-corrected chi connectivity index (χ2v) is 1.15. The van der Waals surface area contributed by atoms with Crippen molar-refractivity contribution in [3.05, 3.63) is 6.42 Å². The topological polar surface area (TPSA) is 0 Å². The zero-order chi connectivity index (χ0) is 4.83. The first kappa shape index (κ1) is 5.56. The molecule has 0 saturated heterocycles. The minimum Gasteiger partial charge on any atom is -0.120 e. The lowest BCUT2D eigenvalue weighted by molar-refractivity contribution is 0.998. The van der Waals surface area contributed by atoms with Gasteiger partial charge in [0.2, 0.25) is 0 Å². The molecule has 6 heavy (non-hydrogen) atoms. The highest BCUT2D eigenvalue weighted by molar-refractivity contribution is 4.84. The molecule has 0 atom stereocenters. The van der Waals surface area contributed by atoms with Gasteiger partial charge in [0.05, 0.1) is 0 Å². The first-order valence-electron chi connectivity index (χ1n) is 2.13. The summed E-state index contributed by atoms with van der Waals surface area (Å²) < 4.78 is 0. The summed E-state index contributed by atoms with van der Waals surface area (Å²) in [6, 6.07) is 0. The predicted molar refractivity (Wildman–Crippen MR) is 28.0 cm³/mol. The Morgan fingerprint density at radius 2 is 2.50 bits per heavy atom. The van der Waals surface area contributed by atoms with E-state index in [0.29, 0.717) is 0 Å². The van der Waals surface area contributed by atoms with Crippen LogP contribution in [0.15, 0.2) is 0 Å². The third-order valence-electron chi connectivity index (χ3n) is 0.577. The number of rotatable bonds is 2. The average Bonchev–Trinajstić information content (AvgIpc) is 1.61. The molecule has 0 aromatic heterocycles. The highest BCUT2D eigenvalue weighted by atomic mass is 13.8. The van der Waals surface area contributed by atoms with E-state index in [1.165, 1.54) is 0 Å². The van der Waals surface area contributed by atoms with Crippen LogP contribution < -0.4 is 0 Å². The third kappa shape index (κ3) is 3.56. The molecule has 0 aromatic rings. The minimum atomic E-state index is 0.885. The first-order chi connectivity index (χ1) is 2.91. The summed E-state index contributed by atoms with van der Waals surface area (Å²) in [6.07, 6.45) is 8.95. The summed E-state index contributed by atoms with van der Waals surface area (Å²) in [5.41, 5.74) is 0. The number of hydrogen-bond donors (Lipinski definition) is 0. The van der Waals surface area contributed by atoms with Crippen molar-refractivity contribution in [2.24, 2.45) is 0 Å². The van der Waals surface area contributed by atoms with Crippen molar-refractivity contribution < 1.29 is 0 Å². The molecule has 1 radical (unpaired) electrons. The van der Waals surface area contributed by atoms with Gasteiger partial charge in [-0.1, -0.05) is 6.92 Å². The minimum absolute atomic E-state index is 0.885. The highest BCUT2D eigenvalue weighted by Crippen LogP contribution is 1.87. The van der Waals surface area contributed by atoms with E-state index in [1.807, 2.05) is 6.92 Å². The summed E-state index contributed by atoms with van der Waals surface area (Å²) in [6.45, 7) is 2.01. The van der Waals surface area contributed by atoms with E-state index in [-0.39, 0.29) is 0 Å². The lowest BCUT2D eigenvalue weighted by atomic mass is 10.3. The zero-order valence-corrected chi connectivity index (χ0v) is 4.07. The molecule has 0 aliphatic carbocycles. The lowest BCUT2D eigenvalue weighted by Crippen LogP contribution is -1.64. The van der Waals surface area contributed by atoms with Crippen LogP contribution in [0.25, 0.3) is 0 Å². The van der Waals surface area contributed by atoms with Crippen molar-refractivity contribution in [1.29, 1.82) is 0 Å². The van der Waals surface area contributed by atoms with Crippen LogP contribution in [0.1, 0.15) is 19.8 Å². The van der Waals surface area contributed by atoms with Crippen LogP contribution in [0.4, 0.5) is 0 Å². The van der Waals surface area contributed by atoms with Crippen molar-refractivity contribution in [1.82, 2.24) is 0 Å². The maximum absolute atomic E-state index is 4.94. The molecule has 33 valence electrons. The van der Waals surface area contributed by atoms with Gasteiger partial charge in [0.1, 0.15) is 0 Å². The van der Waals surface area contributed by atoms with Gasteiger partial charge < -0.3 is 0 Å². The van der Waals surface area contributed by atoms with Gasteiger partial charge in [-0.15, -0.1) is 12.3 Å². The average molecular weight is 81.1 g/mol. The molecule has 0 heteroatoms. The number of unbranched alkanes of at least 4 members (excludes halogenated alkanes) is 2. The Morgan fingerprint density at radius 3 is 2.67 bits per heavy atom. The Labute approximate surface area is 39.6 Å². The molecule has 0 aliphatic heterocycles. The van der Waals surface area contributed by atoms with Gasteiger partial charge in [-0.25, -0.2) is 0 Å². The molecular weight excluding hydrogens is 72.1 g/mol. The van der Waals surface area contributed by atoms with E-state index in [1.54, 1.807) is 0 Å². The van der Waals surface area contributed by atoms with Crippen molar-refractivity contribution in [3.8, 4) is 12.3 Å². The molecule has 0 amide bonds. The monoisotopic (exact) mass is 81.1 g/mol. The van der Waals surface area contributed by atoms with Crippen LogP contribution in [-0.4, -0.2) is 0 Å². The molecule has 0 heterocycles. The molecule has 0 N–H and O–H groups in total. The second kappa shape index (κ2) is 4.56. The standard InChI is InChI=1S/C6H9/c1-3-5-6-4-2/h1,4H,5-6H2,2H3. The van der Waals surface area contributed by atoms with E-state index in [4.69, 9.17) is 6.42 Å². The molecule has 0 bridgehead atoms.